The first-order chi connectivity index (χ1) is 6.66. The maximum Gasteiger partial charge on any atom is 0.329 e. The number of rotatable bonds is 2. The van der Waals surface area contributed by atoms with Crippen LogP contribution < -0.4 is 0 Å². The van der Waals surface area contributed by atoms with Crippen LogP contribution in [-0.2, 0) is 4.79 Å². The fourth-order valence-corrected chi connectivity index (χ4v) is 3.19. The zero-order chi connectivity index (χ0) is 10.1. The van der Waals surface area contributed by atoms with Gasteiger partial charge in [0, 0.05) is 10.6 Å². The van der Waals surface area contributed by atoms with Gasteiger partial charge in [-0.2, -0.15) is 0 Å². The van der Waals surface area contributed by atoms with Crippen LogP contribution in [0.25, 0.3) is 0 Å². The largest absolute Gasteiger partial charge is 0.480 e. The van der Waals surface area contributed by atoms with Crippen LogP contribution in [0.5, 0.6) is 0 Å². The topological polar surface area (TPSA) is 49.7 Å². The first kappa shape index (κ1) is 9.73. The molecule has 2 heterocycles. The fourth-order valence-electron chi connectivity index (χ4n) is 1.18. The predicted octanol–water partition coefficient (Wildman–Crippen LogP) is 2.00. The highest BCUT2D eigenvalue weighted by Gasteiger charge is 2.25. The number of aryl methyl sites for hydroxylation is 1. The number of nitrogens with zero attached hydrogens (tertiary/aromatic N) is 1. The second-order valence-electron chi connectivity index (χ2n) is 3.01. The van der Waals surface area contributed by atoms with Crippen molar-refractivity contribution in [3.05, 3.63) is 21.9 Å². The molecule has 1 aromatic rings. The molecule has 2 rings (SSSR count). The summed E-state index contributed by atoms with van der Waals surface area (Å²) < 4.78 is 0. The Labute approximate surface area is 89.9 Å². The third-order valence-electron chi connectivity index (χ3n) is 1.89. The van der Waals surface area contributed by atoms with Gasteiger partial charge in [-0.15, -0.1) is 23.1 Å². The van der Waals surface area contributed by atoms with E-state index in [0.29, 0.717) is 5.75 Å². The van der Waals surface area contributed by atoms with Gasteiger partial charge in [0.2, 0.25) is 0 Å². The monoisotopic (exact) mass is 227 g/mol. The van der Waals surface area contributed by atoms with Crippen LogP contribution in [0.15, 0.2) is 17.1 Å². The summed E-state index contributed by atoms with van der Waals surface area (Å²) in [7, 11) is 0. The van der Waals surface area contributed by atoms with E-state index in [9.17, 15) is 4.79 Å². The van der Waals surface area contributed by atoms with Crippen LogP contribution in [-0.4, -0.2) is 27.9 Å². The molecule has 1 unspecified atom stereocenters. The highest BCUT2D eigenvalue weighted by molar-refractivity contribution is 8.15. The SMILES string of the molecule is Cc1ccc(C2=NC(C(=O)O)CS2)s1. The van der Waals surface area contributed by atoms with Gasteiger partial charge >= 0.3 is 5.97 Å². The third-order valence-corrected chi connectivity index (χ3v) is 4.10. The highest BCUT2D eigenvalue weighted by Crippen LogP contribution is 2.27. The van der Waals surface area contributed by atoms with Crippen LogP contribution in [0.2, 0.25) is 0 Å². The second kappa shape index (κ2) is 3.74. The van der Waals surface area contributed by atoms with Crippen molar-refractivity contribution in [1.82, 2.24) is 0 Å². The lowest BCUT2D eigenvalue weighted by molar-refractivity contribution is -0.137. The Morgan fingerprint density at radius 2 is 2.43 bits per heavy atom. The van der Waals surface area contributed by atoms with E-state index in [0.717, 1.165) is 9.92 Å². The Morgan fingerprint density at radius 1 is 1.64 bits per heavy atom. The number of carboxylic acids is 1. The van der Waals surface area contributed by atoms with Crippen molar-refractivity contribution in [2.24, 2.45) is 4.99 Å². The third kappa shape index (κ3) is 1.83. The summed E-state index contributed by atoms with van der Waals surface area (Å²) in [5, 5.41) is 9.64. The van der Waals surface area contributed by atoms with Crippen molar-refractivity contribution in [2.75, 3.05) is 5.75 Å². The molecule has 1 aromatic heterocycles. The minimum absolute atomic E-state index is 0.557. The molecule has 0 fully saturated rings. The van der Waals surface area contributed by atoms with E-state index in [1.54, 1.807) is 11.3 Å². The summed E-state index contributed by atoms with van der Waals surface area (Å²) in [5.41, 5.74) is 0. The number of carboxylic acid groups (broad SMARTS) is 1. The normalized spacial score (nSPS) is 20.9. The Kier molecular flexibility index (Phi) is 2.60. The molecule has 0 saturated heterocycles. The van der Waals surface area contributed by atoms with E-state index in [2.05, 4.69) is 4.99 Å². The van der Waals surface area contributed by atoms with Gasteiger partial charge in [-0.05, 0) is 19.1 Å². The number of thioether (sulfide) groups is 1. The minimum Gasteiger partial charge on any atom is -0.480 e. The summed E-state index contributed by atoms with van der Waals surface area (Å²) >= 11 is 3.18. The predicted molar refractivity (Wildman–Crippen MR) is 59.5 cm³/mol. The first-order valence-corrected chi connectivity index (χ1v) is 5.97. The van der Waals surface area contributed by atoms with E-state index < -0.39 is 12.0 Å². The van der Waals surface area contributed by atoms with Crippen LogP contribution >= 0.6 is 23.1 Å². The molecule has 0 spiro atoms. The Morgan fingerprint density at radius 3 is 2.93 bits per heavy atom. The van der Waals surface area contributed by atoms with Gasteiger partial charge < -0.3 is 5.11 Å². The molecule has 1 aliphatic heterocycles. The zero-order valence-electron chi connectivity index (χ0n) is 7.56. The molecular formula is C9H9NO2S2. The Hall–Kier alpha value is -0.810. The van der Waals surface area contributed by atoms with Crippen LogP contribution in [0, 0.1) is 6.92 Å². The van der Waals surface area contributed by atoms with Gasteiger partial charge in [-0.3, -0.25) is 4.99 Å². The average Bonchev–Trinajstić information content (AvgIpc) is 2.70. The quantitative estimate of drug-likeness (QED) is 0.840. The van der Waals surface area contributed by atoms with Crippen LogP contribution in [0.4, 0.5) is 0 Å². The maximum absolute atomic E-state index is 10.7. The van der Waals surface area contributed by atoms with Gasteiger partial charge in [-0.1, -0.05) is 0 Å². The summed E-state index contributed by atoms with van der Waals surface area (Å²) in [6.07, 6.45) is 0. The summed E-state index contributed by atoms with van der Waals surface area (Å²) in [6, 6.07) is 3.46. The standard InChI is InChI=1S/C9H9NO2S2/c1-5-2-3-7(14-5)8-10-6(4-13-8)9(11)12/h2-3,6H,4H2,1H3,(H,11,12). The Bertz CT molecular complexity index is 397. The zero-order valence-corrected chi connectivity index (χ0v) is 9.19. The van der Waals surface area contributed by atoms with E-state index >= 15 is 0 Å². The number of thiophene rings is 1. The molecule has 0 amide bonds. The molecular weight excluding hydrogens is 218 g/mol. The van der Waals surface area contributed by atoms with Crippen molar-refractivity contribution in [3.63, 3.8) is 0 Å². The number of hydrogen-bond donors (Lipinski definition) is 1. The molecule has 3 nitrogen and oxygen atoms in total. The second-order valence-corrected chi connectivity index (χ2v) is 5.31. The molecule has 14 heavy (non-hydrogen) atoms. The number of hydrogen-bond acceptors (Lipinski definition) is 4. The summed E-state index contributed by atoms with van der Waals surface area (Å²) in [4.78, 5) is 17.1. The van der Waals surface area contributed by atoms with Crippen molar-refractivity contribution in [2.45, 2.75) is 13.0 Å². The van der Waals surface area contributed by atoms with Crippen LogP contribution in [0.3, 0.4) is 0 Å². The van der Waals surface area contributed by atoms with Gasteiger partial charge in [0.25, 0.3) is 0 Å². The highest BCUT2D eigenvalue weighted by atomic mass is 32.2. The lowest BCUT2D eigenvalue weighted by atomic mass is 10.3. The van der Waals surface area contributed by atoms with E-state index in [1.165, 1.54) is 16.6 Å². The molecule has 0 saturated carbocycles. The summed E-state index contributed by atoms with van der Waals surface area (Å²) in [6.45, 7) is 2.03. The molecule has 0 bridgehead atoms. The molecule has 5 heteroatoms. The number of carbonyl (C=O) groups is 1. The number of aliphatic imine (C=N–C) groups is 1. The summed E-state index contributed by atoms with van der Waals surface area (Å²) in [5.74, 6) is -0.275. The first-order valence-electron chi connectivity index (χ1n) is 4.17. The van der Waals surface area contributed by atoms with E-state index in [1.807, 2.05) is 19.1 Å². The van der Waals surface area contributed by atoms with E-state index in [4.69, 9.17) is 5.11 Å². The van der Waals surface area contributed by atoms with Crippen molar-refractivity contribution >= 4 is 34.1 Å². The van der Waals surface area contributed by atoms with Gasteiger partial charge in [0.1, 0.15) is 5.04 Å². The molecule has 1 N–H and O–H groups in total. The lowest BCUT2D eigenvalue weighted by Gasteiger charge is -1.93. The van der Waals surface area contributed by atoms with Gasteiger partial charge in [0.15, 0.2) is 6.04 Å². The maximum atomic E-state index is 10.7. The molecule has 0 radical (unpaired) electrons. The van der Waals surface area contributed by atoms with Gasteiger partial charge in [0.05, 0.1) is 4.88 Å². The molecule has 1 aliphatic rings. The lowest BCUT2D eigenvalue weighted by Crippen LogP contribution is -2.17. The van der Waals surface area contributed by atoms with Crippen molar-refractivity contribution in [3.8, 4) is 0 Å². The molecule has 74 valence electrons. The number of aliphatic carboxylic acids is 1. The smallest absolute Gasteiger partial charge is 0.329 e. The van der Waals surface area contributed by atoms with Gasteiger partial charge in [-0.25, -0.2) is 4.79 Å². The van der Waals surface area contributed by atoms with Crippen LogP contribution in [0.1, 0.15) is 9.75 Å². The van der Waals surface area contributed by atoms with Crippen molar-refractivity contribution in [1.29, 1.82) is 0 Å². The molecule has 0 aliphatic carbocycles. The molecule has 1 atom stereocenters. The average molecular weight is 227 g/mol. The van der Waals surface area contributed by atoms with E-state index in [-0.39, 0.29) is 0 Å². The van der Waals surface area contributed by atoms with Crippen molar-refractivity contribution < 1.29 is 9.90 Å². The minimum atomic E-state index is -0.833. The molecule has 0 aromatic carbocycles. The fraction of sp³-hybridized carbons (Fsp3) is 0.333. The Balaban J connectivity index is 2.21.